The molecule has 3 nitrogen and oxygen atoms in total. The van der Waals surface area contributed by atoms with Crippen LogP contribution >= 0.6 is 12.4 Å². The van der Waals surface area contributed by atoms with Gasteiger partial charge in [-0.1, -0.05) is 6.92 Å². The Morgan fingerprint density at radius 3 is 2.47 bits per heavy atom. The number of rotatable bonds is 1. The van der Waals surface area contributed by atoms with E-state index in [1.54, 1.807) is 0 Å². The minimum Gasteiger partial charge on any atom is -0.343 e. The van der Waals surface area contributed by atoms with Gasteiger partial charge in [-0.3, -0.25) is 4.79 Å². The first-order valence-corrected chi connectivity index (χ1v) is 5.74. The van der Waals surface area contributed by atoms with Crippen molar-refractivity contribution in [1.29, 1.82) is 0 Å². The summed E-state index contributed by atoms with van der Waals surface area (Å²) in [5, 5.41) is 3.44. The normalized spacial score (nSPS) is 23.9. The summed E-state index contributed by atoms with van der Waals surface area (Å²) in [4.78, 5) is 13.5. The fraction of sp³-hybridized carbons (Fsp3) is 0.909. The second-order valence-corrected chi connectivity index (χ2v) is 4.66. The second-order valence-electron chi connectivity index (χ2n) is 4.66. The van der Waals surface area contributed by atoms with Gasteiger partial charge in [0, 0.05) is 26.1 Å². The molecular formula is C11H21ClN2O. The minimum atomic E-state index is 0. The lowest BCUT2D eigenvalue weighted by Gasteiger charge is -2.38. The molecule has 15 heavy (non-hydrogen) atoms. The van der Waals surface area contributed by atoms with Crippen LogP contribution < -0.4 is 5.32 Å². The Morgan fingerprint density at radius 2 is 2.00 bits per heavy atom. The highest BCUT2D eigenvalue weighted by Gasteiger charge is 2.37. The number of nitrogens with zero attached hydrogens (tertiary/aromatic N) is 1. The van der Waals surface area contributed by atoms with Crippen molar-refractivity contribution in [2.75, 3.05) is 26.2 Å². The summed E-state index contributed by atoms with van der Waals surface area (Å²) in [5.41, 5.74) is 0.532. The van der Waals surface area contributed by atoms with Gasteiger partial charge in [-0.05, 0) is 31.2 Å². The van der Waals surface area contributed by atoms with Gasteiger partial charge < -0.3 is 10.2 Å². The summed E-state index contributed by atoms with van der Waals surface area (Å²) >= 11 is 0. The second kappa shape index (κ2) is 5.17. The van der Waals surface area contributed by atoms with E-state index in [1.807, 2.05) is 11.8 Å². The third-order valence-electron chi connectivity index (χ3n) is 3.81. The van der Waals surface area contributed by atoms with Crippen LogP contribution in [0.4, 0.5) is 0 Å². The monoisotopic (exact) mass is 232 g/mol. The van der Waals surface area contributed by atoms with Crippen molar-refractivity contribution in [1.82, 2.24) is 10.2 Å². The zero-order valence-corrected chi connectivity index (χ0v) is 10.2. The van der Waals surface area contributed by atoms with Crippen molar-refractivity contribution < 1.29 is 4.79 Å². The molecule has 1 spiro atoms. The molecule has 0 aromatic rings. The fourth-order valence-corrected chi connectivity index (χ4v) is 2.68. The highest BCUT2D eigenvalue weighted by molar-refractivity contribution is 5.85. The molecule has 0 atom stereocenters. The lowest BCUT2D eigenvalue weighted by molar-refractivity contribution is -0.133. The van der Waals surface area contributed by atoms with Crippen molar-refractivity contribution in [3.05, 3.63) is 0 Å². The largest absolute Gasteiger partial charge is 0.343 e. The van der Waals surface area contributed by atoms with E-state index in [-0.39, 0.29) is 12.4 Å². The smallest absolute Gasteiger partial charge is 0.222 e. The minimum absolute atomic E-state index is 0. The molecule has 2 aliphatic heterocycles. The molecular weight excluding hydrogens is 212 g/mol. The average Bonchev–Trinajstić information content (AvgIpc) is 2.67. The standard InChI is InChI=1S/C11H20N2O.ClH/c1-2-10(14)13-7-4-11(5-8-13)3-6-12-9-11;/h12H,2-9H2,1H3;1H. The molecule has 2 aliphatic rings. The molecule has 0 radical (unpaired) electrons. The van der Waals surface area contributed by atoms with E-state index < -0.39 is 0 Å². The molecule has 88 valence electrons. The summed E-state index contributed by atoms with van der Waals surface area (Å²) in [6.07, 6.45) is 4.36. The van der Waals surface area contributed by atoms with Gasteiger partial charge in [0.2, 0.25) is 5.91 Å². The summed E-state index contributed by atoms with van der Waals surface area (Å²) < 4.78 is 0. The van der Waals surface area contributed by atoms with Crippen molar-refractivity contribution >= 4 is 18.3 Å². The van der Waals surface area contributed by atoms with Gasteiger partial charge in [-0.15, -0.1) is 12.4 Å². The van der Waals surface area contributed by atoms with E-state index >= 15 is 0 Å². The molecule has 2 rings (SSSR count). The predicted molar refractivity (Wildman–Crippen MR) is 63.3 cm³/mol. The molecule has 0 aromatic heterocycles. The predicted octanol–water partition coefficient (Wildman–Crippen LogP) is 1.42. The van der Waals surface area contributed by atoms with Gasteiger partial charge in [0.05, 0.1) is 0 Å². The van der Waals surface area contributed by atoms with Crippen LogP contribution in [0.3, 0.4) is 0 Å². The van der Waals surface area contributed by atoms with Crippen LogP contribution in [0.15, 0.2) is 0 Å². The Kier molecular flexibility index (Phi) is 4.41. The molecule has 0 unspecified atom stereocenters. The molecule has 0 aromatic carbocycles. The first-order valence-electron chi connectivity index (χ1n) is 5.74. The van der Waals surface area contributed by atoms with Gasteiger partial charge in [0.25, 0.3) is 0 Å². The number of hydrogen-bond donors (Lipinski definition) is 1. The number of halogens is 1. The van der Waals surface area contributed by atoms with E-state index in [4.69, 9.17) is 0 Å². The average molecular weight is 233 g/mol. The third-order valence-corrected chi connectivity index (χ3v) is 3.81. The molecule has 1 N–H and O–H groups in total. The van der Waals surface area contributed by atoms with Crippen LogP contribution in [0, 0.1) is 5.41 Å². The van der Waals surface area contributed by atoms with E-state index in [2.05, 4.69) is 5.32 Å². The zero-order valence-electron chi connectivity index (χ0n) is 9.42. The van der Waals surface area contributed by atoms with Crippen LogP contribution in [0.2, 0.25) is 0 Å². The van der Waals surface area contributed by atoms with Crippen molar-refractivity contribution in [2.24, 2.45) is 5.41 Å². The number of likely N-dealkylation sites (tertiary alicyclic amines) is 1. The maximum atomic E-state index is 11.5. The number of nitrogens with one attached hydrogen (secondary N) is 1. The summed E-state index contributed by atoms with van der Waals surface area (Å²) in [5.74, 6) is 0.325. The first-order chi connectivity index (χ1) is 6.76. The summed E-state index contributed by atoms with van der Waals surface area (Å²) in [7, 11) is 0. The number of carbonyl (C=O) groups excluding carboxylic acids is 1. The Labute approximate surface area is 98.0 Å². The SMILES string of the molecule is CCC(=O)N1CCC2(CCNC2)CC1.Cl. The van der Waals surface area contributed by atoms with Gasteiger partial charge in [0.15, 0.2) is 0 Å². The zero-order chi connectivity index (χ0) is 10.0. The van der Waals surface area contributed by atoms with Crippen LogP contribution in [-0.2, 0) is 4.79 Å². The van der Waals surface area contributed by atoms with Crippen molar-refractivity contribution in [2.45, 2.75) is 32.6 Å². The maximum absolute atomic E-state index is 11.5. The fourth-order valence-electron chi connectivity index (χ4n) is 2.68. The molecule has 1 amide bonds. The third kappa shape index (κ3) is 2.64. The van der Waals surface area contributed by atoms with Gasteiger partial charge in [-0.2, -0.15) is 0 Å². The van der Waals surface area contributed by atoms with E-state index in [9.17, 15) is 4.79 Å². The van der Waals surface area contributed by atoms with E-state index in [1.165, 1.54) is 32.4 Å². The van der Waals surface area contributed by atoms with E-state index in [0.717, 1.165) is 13.1 Å². The molecule has 2 heterocycles. The Balaban J connectivity index is 0.00000112. The lowest BCUT2D eigenvalue weighted by atomic mass is 9.78. The topological polar surface area (TPSA) is 32.3 Å². The Morgan fingerprint density at radius 1 is 1.33 bits per heavy atom. The number of amides is 1. The maximum Gasteiger partial charge on any atom is 0.222 e. The number of piperidine rings is 1. The van der Waals surface area contributed by atoms with Gasteiger partial charge >= 0.3 is 0 Å². The lowest BCUT2D eigenvalue weighted by Crippen LogP contribution is -2.43. The highest BCUT2D eigenvalue weighted by Crippen LogP contribution is 2.36. The van der Waals surface area contributed by atoms with Crippen LogP contribution in [0.1, 0.15) is 32.6 Å². The molecule has 2 saturated heterocycles. The molecule has 0 aliphatic carbocycles. The van der Waals surface area contributed by atoms with Crippen molar-refractivity contribution in [3.63, 3.8) is 0 Å². The number of carbonyl (C=O) groups is 1. The first kappa shape index (κ1) is 12.8. The molecule has 2 fully saturated rings. The quantitative estimate of drug-likeness (QED) is 0.742. The number of hydrogen-bond acceptors (Lipinski definition) is 2. The van der Waals surface area contributed by atoms with Gasteiger partial charge in [-0.25, -0.2) is 0 Å². The molecule has 0 saturated carbocycles. The summed E-state index contributed by atoms with van der Waals surface area (Å²) in [6, 6.07) is 0. The van der Waals surface area contributed by atoms with E-state index in [0.29, 0.717) is 17.7 Å². The molecule has 4 heteroatoms. The van der Waals surface area contributed by atoms with Crippen molar-refractivity contribution in [3.8, 4) is 0 Å². The molecule has 0 bridgehead atoms. The van der Waals surface area contributed by atoms with Crippen LogP contribution in [0.5, 0.6) is 0 Å². The van der Waals surface area contributed by atoms with Crippen LogP contribution in [-0.4, -0.2) is 37.0 Å². The highest BCUT2D eigenvalue weighted by atomic mass is 35.5. The Hall–Kier alpha value is -0.280. The van der Waals surface area contributed by atoms with Gasteiger partial charge in [0.1, 0.15) is 0 Å². The van der Waals surface area contributed by atoms with Crippen LogP contribution in [0.25, 0.3) is 0 Å². The summed E-state index contributed by atoms with van der Waals surface area (Å²) in [6.45, 7) is 6.25. The Bertz CT molecular complexity index is 217.